The Morgan fingerprint density at radius 3 is 2.70 bits per heavy atom. The Labute approximate surface area is 126 Å². The van der Waals surface area contributed by atoms with Gasteiger partial charge in [-0.05, 0) is 30.3 Å². The molecule has 0 bridgehead atoms. The fourth-order valence-electron chi connectivity index (χ4n) is 1.75. The van der Waals surface area contributed by atoms with Crippen molar-refractivity contribution in [3.8, 4) is 0 Å². The SMILES string of the molecule is CN(C)c1ccc(N)cc1C(=O)OCc1ccc(Cl)s1. The summed E-state index contributed by atoms with van der Waals surface area (Å²) >= 11 is 7.23. The van der Waals surface area contributed by atoms with E-state index in [0.29, 0.717) is 15.6 Å². The summed E-state index contributed by atoms with van der Waals surface area (Å²) in [6.45, 7) is 0.206. The van der Waals surface area contributed by atoms with E-state index in [1.54, 1.807) is 24.3 Å². The van der Waals surface area contributed by atoms with Crippen LogP contribution in [0, 0.1) is 0 Å². The Bertz CT molecular complexity index is 625. The summed E-state index contributed by atoms with van der Waals surface area (Å²) in [6.07, 6.45) is 0. The standard InChI is InChI=1S/C14H15ClN2O2S/c1-17(2)12-5-3-9(16)7-11(12)14(18)19-8-10-4-6-13(15)20-10/h3-7H,8,16H2,1-2H3. The predicted octanol–water partition coefficient (Wildman–Crippen LogP) is 3.41. The zero-order valence-corrected chi connectivity index (χ0v) is 12.8. The molecule has 0 fully saturated rings. The second-order valence-corrected chi connectivity index (χ2v) is 6.25. The molecule has 1 heterocycles. The average molecular weight is 311 g/mol. The van der Waals surface area contributed by atoms with Gasteiger partial charge in [-0.15, -0.1) is 11.3 Å². The van der Waals surface area contributed by atoms with Gasteiger partial charge in [0.05, 0.1) is 15.6 Å². The van der Waals surface area contributed by atoms with E-state index in [0.717, 1.165) is 10.6 Å². The van der Waals surface area contributed by atoms with Crippen molar-refractivity contribution in [3.05, 3.63) is 45.1 Å². The fourth-order valence-corrected chi connectivity index (χ4v) is 2.75. The number of nitrogen functional groups attached to an aromatic ring is 1. The Morgan fingerprint density at radius 2 is 2.10 bits per heavy atom. The quantitative estimate of drug-likeness (QED) is 0.694. The van der Waals surface area contributed by atoms with Crippen LogP contribution in [0.5, 0.6) is 0 Å². The monoisotopic (exact) mass is 310 g/mol. The first-order valence-corrected chi connectivity index (χ1v) is 7.15. The molecule has 0 aliphatic carbocycles. The Hall–Kier alpha value is -1.72. The molecule has 0 atom stereocenters. The summed E-state index contributed by atoms with van der Waals surface area (Å²) in [7, 11) is 3.72. The third kappa shape index (κ3) is 3.43. The van der Waals surface area contributed by atoms with E-state index >= 15 is 0 Å². The van der Waals surface area contributed by atoms with E-state index in [9.17, 15) is 4.79 Å². The molecule has 0 amide bonds. The molecule has 0 aliphatic heterocycles. The van der Waals surface area contributed by atoms with E-state index < -0.39 is 5.97 Å². The molecular weight excluding hydrogens is 296 g/mol. The first-order valence-electron chi connectivity index (χ1n) is 5.95. The van der Waals surface area contributed by atoms with Gasteiger partial charge in [0.25, 0.3) is 0 Å². The van der Waals surface area contributed by atoms with Gasteiger partial charge >= 0.3 is 5.97 Å². The molecule has 106 valence electrons. The van der Waals surface area contributed by atoms with E-state index in [4.69, 9.17) is 22.1 Å². The summed E-state index contributed by atoms with van der Waals surface area (Å²) in [4.78, 5) is 14.9. The maximum atomic E-state index is 12.2. The minimum Gasteiger partial charge on any atom is -0.456 e. The molecule has 0 saturated heterocycles. The molecule has 0 radical (unpaired) electrons. The van der Waals surface area contributed by atoms with E-state index in [2.05, 4.69) is 0 Å². The van der Waals surface area contributed by atoms with E-state index in [1.165, 1.54) is 11.3 Å². The van der Waals surface area contributed by atoms with Gasteiger partial charge in [-0.2, -0.15) is 0 Å². The normalized spacial score (nSPS) is 10.3. The number of anilines is 2. The predicted molar refractivity (Wildman–Crippen MR) is 83.6 cm³/mol. The minimum atomic E-state index is -0.398. The smallest absolute Gasteiger partial charge is 0.340 e. The maximum Gasteiger partial charge on any atom is 0.340 e. The van der Waals surface area contributed by atoms with Crippen LogP contribution in [0.3, 0.4) is 0 Å². The third-order valence-corrected chi connectivity index (χ3v) is 3.90. The topological polar surface area (TPSA) is 55.6 Å². The van der Waals surface area contributed by atoms with Crippen LogP contribution in [0.4, 0.5) is 11.4 Å². The van der Waals surface area contributed by atoms with Crippen molar-refractivity contribution in [1.29, 1.82) is 0 Å². The lowest BCUT2D eigenvalue weighted by Gasteiger charge is -2.17. The van der Waals surface area contributed by atoms with Crippen molar-refractivity contribution in [2.24, 2.45) is 0 Å². The fraction of sp³-hybridized carbons (Fsp3) is 0.214. The maximum absolute atomic E-state index is 12.2. The number of rotatable bonds is 4. The van der Waals surface area contributed by atoms with Crippen LogP contribution in [0.1, 0.15) is 15.2 Å². The molecule has 1 aromatic carbocycles. The van der Waals surface area contributed by atoms with Crippen LogP contribution in [0.15, 0.2) is 30.3 Å². The average Bonchev–Trinajstić information content (AvgIpc) is 2.81. The molecule has 2 rings (SSSR count). The van der Waals surface area contributed by atoms with Gasteiger partial charge < -0.3 is 15.4 Å². The van der Waals surface area contributed by atoms with Crippen LogP contribution in [-0.4, -0.2) is 20.1 Å². The lowest BCUT2D eigenvalue weighted by Crippen LogP contribution is -2.15. The molecule has 2 aromatic rings. The number of thiophene rings is 1. The molecule has 0 spiro atoms. The molecular formula is C14H15ClN2O2S. The van der Waals surface area contributed by atoms with Gasteiger partial charge in [-0.3, -0.25) is 0 Å². The first kappa shape index (κ1) is 14.7. The molecule has 4 nitrogen and oxygen atoms in total. The number of ether oxygens (including phenoxy) is 1. The summed E-state index contributed by atoms with van der Waals surface area (Å²) < 4.78 is 5.98. The third-order valence-electron chi connectivity index (χ3n) is 2.70. The van der Waals surface area contributed by atoms with E-state index in [1.807, 2.05) is 25.1 Å². The number of nitrogens with two attached hydrogens (primary N) is 1. The number of carbonyl (C=O) groups is 1. The van der Waals surface area contributed by atoms with Crippen molar-refractivity contribution in [3.63, 3.8) is 0 Å². The largest absolute Gasteiger partial charge is 0.456 e. The van der Waals surface area contributed by atoms with Crippen LogP contribution in [-0.2, 0) is 11.3 Å². The molecule has 0 unspecified atom stereocenters. The lowest BCUT2D eigenvalue weighted by atomic mass is 10.1. The highest BCUT2D eigenvalue weighted by molar-refractivity contribution is 7.16. The number of esters is 1. The highest BCUT2D eigenvalue weighted by Gasteiger charge is 2.15. The van der Waals surface area contributed by atoms with Gasteiger partial charge in [-0.25, -0.2) is 4.79 Å². The Balaban J connectivity index is 2.14. The van der Waals surface area contributed by atoms with Crippen molar-refractivity contribution in [2.45, 2.75) is 6.61 Å². The van der Waals surface area contributed by atoms with Gasteiger partial charge in [0.2, 0.25) is 0 Å². The number of carbonyl (C=O) groups excluding carboxylic acids is 1. The second-order valence-electron chi connectivity index (χ2n) is 4.45. The van der Waals surface area contributed by atoms with Crippen LogP contribution in [0.2, 0.25) is 4.34 Å². The molecule has 0 saturated carbocycles. The van der Waals surface area contributed by atoms with Crippen LogP contribution < -0.4 is 10.6 Å². The van der Waals surface area contributed by atoms with Gasteiger partial charge in [0.15, 0.2) is 0 Å². The van der Waals surface area contributed by atoms with Crippen molar-refractivity contribution < 1.29 is 9.53 Å². The highest BCUT2D eigenvalue weighted by atomic mass is 35.5. The van der Waals surface area contributed by atoms with Gasteiger partial charge in [0.1, 0.15) is 6.61 Å². The Morgan fingerprint density at radius 1 is 1.35 bits per heavy atom. The zero-order valence-electron chi connectivity index (χ0n) is 11.2. The van der Waals surface area contributed by atoms with Crippen LogP contribution >= 0.6 is 22.9 Å². The second kappa shape index (κ2) is 6.15. The summed E-state index contributed by atoms with van der Waals surface area (Å²) in [5.74, 6) is -0.398. The zero-order chi connectivity index (χ0) is 14.7. The number of hydrogen-bond acceptors (Lipinski definition) is 5. The summed E-state index contributed by atoms with van der Waals surface area (Å²) in [5, 5.41) is 0. The van der Waals surface area contributed by atoms with Crippen LogP contribution in [0.25, 0.3) is 0 Å². The molecule has 2 N–H and O–H groups in total. The highest BCUT2D eigenvalue weighted by Crippen LogP contribution is 2.25. The number of hydrogen-bond donors (Lipinski definition) is 1. The Kier molecular flexibility index (Phi) is 4.52. The molecule has 0 aliphatic rings. The summed E-state index contributed by atoms with van der Waals surface area (Å²) in [5.41, 5.74) is 7.49. The number of halogens is 1. The number of benzene rings is 1. The summed E-state index contributed by atoms with van der Waals surface area (Å²) in [6, 6.07) is 8.80. The molecule has 6 heteroatoms. The van der Waals surface area contributed by atoms with Gasteiger partial charge in [0, 0.05) is 24.7 Å². The van der Waals surface area contributed by atoms with E-state index in [-0.39, 0.29) is 6.61 Å². The van der Waals surface area contributed by atoms with Crippen molar-refractivity contribution >= 4 is 40.3 Å². The molecule has 20 heavy (non-hydrogen) atoms. The first-order chi connectivity index (χ1) is 9.47. The molecule has 1 aromatic heterocycles. The minimum absolute atomic E-state index is 0.206. The number of nitrogens with zero attached hydrogens (tertiary/aromatic N) is 1. The van der Waals surface area contributed by atoms with Gasteiger partial charge in [-0.1, -0.05) is 11.6 Å². The van der Waals surface area contributed by atoms with Crippen molar-refractivity contribution in [2.75, 3.05) is 24.7 Å². The van der Waals surface area contributed by atoms with Crippen molar-refractivity contribution in [1.82, 2.24) is 0 Å². The lowest BCUT2D eigenvalue weighted by molar-refractivity contribution is 0.0477.